The summed E-state index contributed by atoms with van der Waals surface area (Å²) in [5, 5.41) is 21.2. The largest absolute Gasteiger partial charge is 0.493 e. The third kappa shape index (κ3) is 3.69. The van der Waals surface area contributed by atoms with Crippen molar-refractivity contribution in [3.63, 3.8) is 0 Å². The van der Waals surface area contributed by atoms with Gasteiger partial charge in [0, 0.05) is 18.0 Å². The molecule has 1 unspecified atom stereocenters. The molecule has 33 heavy (non-hydrogen) atoms. The third-order valence-electron chi connectivity index (χ3n) is 5.74. The summed E-state index contributed by atoms with van der Waals surface area (Å²) in [5.41, 5.74) is 2.22. The number of hydrogen-bond donors (Lipinski definition) is 5. The van der Waals surface area contributed by atoms with Gasteiger partial charge >= 0.3 is 5.69 Å². The Morgan fingerprint density at radius 3 is 2.88 bits per heavy atom. The zero-order valence-corrected chi connectivity index (χ0v) is 17.8. The highest BCUT2D eigenvalue weighted by Crippen LogP contribution is 2.35. The van der Waals surface area contributed by atoms with Crippen LogP contribution >= 0.6 is 0 Å². The van der Waals surface area contributed by atoms with Crippen molar-refractivity contribution in [2.24, 2.45) is 0 Å². The summed E-state index contributed by atoms with van der Waals surface area (Å²) in [7, 11) is 0. The molecule has 1 aliphatic carbocycles. The number of ether oxygens (including phenoxy) is 2. The van der Waals surface area contributed by atoms with Gasteiger partial charge in [-0.3, -0.25) is 4.98 Å². The maximum Gasteiger partial charge on any atom is 0.325 e. The van der Waals surface area contributed by atoms with Gasteiger partial charge < -0.3 is 30.2 Å². The second kappa shape index (κ2) is 7.43. The van der Waals surface area contributed by atoms with Crippen molar-refractivity contribution in [2.75, 3.05) is 17.4 Å². The van der Waals surface area contributed by atoms with E-state index in [9.17, 15) is 9.90 Å². The van der Waals surface area contributed by atoms with Crippen molar-refractivity contribution in [2.45, 2.75) is 38.3 Å². The van der Waals surface area contributed by atoms with E-state index < -0.39 is 5.69 Å². The molecule has 1 aliphatic heterocycles. The second-order valence-corrected chi connectivity index (χ2v) is 8.26. The maximum atomic E-state index is 11.5. The highest BCUT2D eigenvalue weighted by Gasteiger charge is 2.25. The van der Waals surface area contributed by atoms with Crippen LogP contribution in [0.4, 0.5) is 11.9 Å². The number of rotatable bonds is 7. The normalized spacial score (nSPS) is 15.7. The summed E-state index contributed by atoms with van der Waals surface area (Å²) in [6.07, 6.45) is 4.08. The number of hydrogen-bond acceptors (Lipinski definition) is 9. The monoisotopic (exact) mass is 450 g/mol. The van der Waals surface area contributed by atoms with Gasteiger partial charge in [0.15, 0.2) is 17.1 Å². The van der Waals surface area contributed by atoms with Gasteiger partial charge in [-0.1, -0.05) is 6.07 Å². The fourth-order valence-corrected chi connectivity index (χ4v) is 3.80. The fraction of sp³-hybridized carbons (Fsp3) is 0.333. The highest BCUT2D eigenvalue weighted by molar-refractivity contribution is 5.57. The first-order valence-electron chi connectivity index (χ1n) is 10.7. The van der Waals surface area contributed by atoms with Gasteiger partial charge in [0.2, 0.25) is 24.6 Å². The number of H-pyrrole nitrogens is 2. The maximum absolute atomic E-state index is 11.5. The van der Waals surface area contributed by atoms with Gasteiger partial charge in [-0.05, 0) is 37.5 Å². The lowest BCUT2D eigenvalue weighted by Gasteiger charge is -2.16. The van der Waals surface area contributed by atoms with Crippen molar-refractivity contribution in [1.29, 1.82) is 0 Å². The number of anilines is 2. The minimum Gasteiger partial charge on any atom is -0.493 e. The van der Waals surface area contributed by atoms with Crippen LogP contribution in [0.25, 0.3) is 5.65 Å². The number of nitrogens with one attached hydrogen (secondary N) is 4. The third-order valence-corrected chi connectivity index (χ3v) is 5.74. The van der Waals surface area contributed by atoms with E-state index in [4.69, 9.17) is 14.5 Å². The standard InChI is InChI=1S/C21H22N8O4/c1-10(11-2-5-15-16(7-11)33-9-32-15)23-19-26-17-12(6-14-18(30)27-21(31)25-14)8-22-29(17)20(28-19)24-13-3-4-13/h2,5,7-8,10,13,30H,3-4,6,9H2,1H3,(H2,25,27,31)(H2,23,24,26,28). The average Bonchev–Trinajstić information content (AvgIpc) is 3.18. The van der Waals surface area contributed by atoms with Crippen LogP contribution in [0.3, 0.4) is 0 Å². The van der Waals surface area contributed by atoms with Gasteiger partial charge in [-0.2, -0.15) is 19.6 Å². The molecule has 1 saturated carbocycles. The molecular weight excluding hydrogens is 428 g/mol. The molecule has 4 heterocycles. The predicted octanol–water partition coefficient (Wildman–Crippen LogP) is 1.91. The number of fused-ring (bicyclic) bond motifs is 2. The van der Waals surface area contributed by atoms with E-state index >= 15 is 0 Å². The Kier molecular flexibility index (Phi) is 4.38. The van der Waals surface area contributed by atoms with E-state index in [2.05, 4.69) is 30.7 Å². The highest BCUT2D eigenvalue weighted by atomic mass is 16.7. The fourth-order valence-electron chi connectivity index (χ4n) is 3.80. The zero-order chi connectivity index (χ0) is 22.5. The van der Waals surface area contributed by atoms with Crippen molar-refractivity contribution in [3.05, 3.63) is 51.7 Å². The predicted molar refractivity (Wildman–Crippen MR) is 118 cm³/mol. The van der Waals surface area contributed by atoms with Gasteiger partial charge in [0.05, 0.1) is 17.9 Å². The van der Waals surface area contributed by atoms with Crippen LogP contribution in [0.2, 0.25) is 0 Å². The van der Waals surface area contributed by atoms with Crippen LogP contribution < -0.4 is 25.8 Å². The Bertz CT molecular complexity index is 1400. The van der Waals surface area contributed by atoms with Crippen LogP contribution in [0.5, 0.6) is 17.4 Å². The molecule has 0 amide bonds. The van der Waals surface area contributed by atoms with Crippen LogP contribution in [0, 0.1) is 0 Å². The molecule has 12 nitrogen and oxygen atoms in total. The smallest absolute Gasteiger partial charge is 0.325 e. The molecule has 1 aromatic carbocycles. The van der Waals surface area contributed by atoms with E-state index in [1.54, 1.807) is 10.7 Å². The van der Waals surface area contributed by atoms with Gasteiger partial charge in [0.25, 0.3) is 0 Å². The molecule has 2 aliphatic rings. The Hall–Kier alpha value is -4.22. The molecule has 1 atom stereocenters. The van der Waals surface area contributed by atoms with Crippen LogP contribution in [0.15, 0.2) is 29.2 Å². The Balaban J connectivity index is 1.34. The summed E-state index contributed by atoms with van der Waals surface area (Å²) in [5.74, 6) is 2.27. The minimum atomic E-state index is -0.468. The van der Waals surface area contributed by atoms with Crippen molar-refractivity contribution in [1.82, 2.24) is 29.5 Å². The first kappa shape index (κ1) is 19.5. The van der Waals surface area contributed by atoms with E-state index in [0.29, 0.717) is 35.0 Å². The zero-order valence-electron chi connectivity index (χ0n) is 17.8. The average molecular weight is 450 g/mol. The molecule has 0 bridgehead atoms. The van der Waals surface area contributed by atoms with Gasteiger partial charge in [-0.25, -0.2) is 4.79 Å². The molecule has 0 spiro atoms. The van der Waals surface area contributed by atoms with Crippen LogP contribution in [-0.2, 0) is 6.42 Å². The lowest BCUT2D eigenvalue weighted by molar-refractivity contribution is 0.174. The van der Waals surface area contributed by atoms with Crippen molar-refractivity contribution in [3.8, 4) is 17.4 Å². The second-order valence-electron chi connectivity index (χ2n) is 8.26. The van der Waals surface area contributed by atoms with Crippen molar-refractivity contribution < 1.29 is 14.6 Å². The van der Waals surface area contributed by atoms with Crippen LogP contribution in [-0.4, -0.2) is 47.5 Å². The molecule has 3 aromatic heterocycles. The lowest BCUT2D eigenvalue weighted by atomic mass is 10.1. The van der Waals surface area contributed by atoms with E-state index in [-0.39, 0.29) is 25.1 Å². The summed E-state index contributed by atoms with van der Waals surface area (Å²) >= 11 is 0. The van der Waals surface area contributed by atoms with E-state index in [0.717, 1.165) is 29.7 Å². The summed E-state index contributed by atoms with van der Waals surface area (Å²) in [4.78, 5) is 25.8. The Labute approximate surface area is 187 Å². The molecule has 12 heteroatoms. The molecule has 4 aromatic rings. The number of benzene rings is 1. The molecule has 5 N–H and O–H groups in total. The van der Waals surface area contributed by atoms with E-state index in [1.165, 1.54) is 0 Å². The first-order valence-corrected chi connectivity index (χ1v) is 10.7. The number of aromatic amines is 2. The van der Waals surface area contributed by atoms with Crippen molar-refractivity contribution >= 4 is 17.5 Å². The molecule has 170 valence electrons. The Morgan fingerprint density at radius 2 is 2.09 bits per heavy atom. The Morgan fingerprint density at radius 1 is 1.24 bits per heavy atom. The summed E-state index contributed by atoms with van der Waals surface area (Å²) in [6.45, 7) is 2.24. The minimum absolute atomic E-state index is 0.104. The summed E-state index contributed by atoms with van der Waals surface area (Å²) < 4.78 is 12.5. The summed E-state index contributed by atoms with van der Waals surface area (Å²) in [6, 6.07) is 6.06. The number of aromatic nitrogens is 6. The molecule has 1 fully saturated rings. The number of nitrogens with zero attached hydrogens (tertiary/aromatic N) is 4. The molecule has 0 saturated heterocycles. The SMILES string of the molecule is CC(Nc1nc(NC2CC2)n2ncc(Cc3[nH]c(=O)[nH]c3O)c2n1)c1ccc2c(c1)OCO2. The van der Waals surface area contributed by atoms with E-state index in [1.807, 2.05) is 25.1 Å². The molecule has 0 radical (unpaired) electrons. The topological polar surface area (TPSA) is 154 Å². The van der Waals surface area contributed by atoms with Gasteiger partial charge in [0.1, 0.15) is 0 Å². The number of aromatic hydroxyl groups is 1. The first-order chi connectivity index (χ1) is 16.0. The molecule has 6 rings (SSSR count). The number of imidazole rings is 1. The van der Waals surface area contributed by atoms with Crippen LogP contribution in [0.1, 0.15) is 42.6 Å². The lowest BCUT2D eigenvalue weighted by Crippen LogP contribution is -2.15. The quantitative estimate of drug-likeness (QED) is 0.284. The molecular formula is C21H22N8O4. The van der Waals surface area contributed by atoms with Gasteiger partial charge in [-0.15, -0.1) is 0 Å².